The van der Waals surface area contributed by atoms with Gasteiger partial charge in [-0.2, -0.15) is 0 Å². The number of hydrogen-bond donors (Lipinski definition) is 0. The highest BCUT2D eigenvalue weighted by atomic mass is 32.2. The minimum absolute atomic E-state index is 0.135. The summed E-state index contributed by atoms with van der Waals surface area (Å²) in [7, 11) is 1.84. The van der Waals surface area contributed by atoms with Crippen LogP contribution in [0.4, 0.5) is 0 Å². The fourth-order valence-corrected chi connectivity index (χ4v) is 4.70. The van der Waals surface area contributed by atoms with E-state index in [1.807, 2.05) is 7.05 Å². The smallest absolute Gasteiger partial charge is 0.262 e. The highest BCUT2D eigenvalue weighted by Crippen LogP contribution is 2.35. The molecule has 0 bridgehead atoms. The molecule has 1 aliphatic rings. The van der Waals surface area contributed by atoms with E-state index in [2.05, 4.69) is 13.8 Å². The predicted molar refractivity (Wildman–Crippen MR) is 82.4 cm³/mol. The van der Waals surface area contributed by atoms with Crippen molar-refractivity contribution in [2.45, 2.75) is 38.3 Å². The van der Waals surface area contributed by atoms with Crippen molar-refractivity contribution in [2.75, 3.05) is 5.75 Å². The molecule has 0 saturated heterocycles. The Bertz CT molecular complexity index is 685. The van der Waals surface area contributed by atoms with Gasteiger partial charge in [0.15, 0.2) is 5.16 Å². The summed E-state index contributed by atoms with van der Waals surface area (Å²) >= 11 is 3.40. The second-order valence-corrected chi connectivity index (χ2v) is 7.57. The summed E-state index contributed by atoms with van der Waals surface area (Å²) in [6, 6.07) is 0. The SMILES string of the molecule is CC(C)CSc1nc2sc3c(c2c(=O)n1C)CCC3. The van der Waals surface area contributed by atoms with Gasteiger partial charge in [-0.05, 0) is 30.7 Å². The van der Waals surface area contributed by atoms with Crippen molar-refractivity contribution in [1.82, 2.24) is 9.55 Å². The molecule has 3 rings (SSSR count). The number of rotatable bonds is 3. The fourth-order valence-electron chi connectivity index (χ4n) is 2.48. The zero-order valence-electron chi connectivity index (χ0n) is 11.5. The zero-order chi connectivity index (χ0) is 13.6. The first kappa shape index (κ1) is 13.2. The van der Waals surface area contributed by atoms with E-state index >= 15 is 0 Å². The number of hydrogen-bond acceptors (Lipinski definition) is 4. The number of fused-ring (bicyclic) bond motifs is 3. The van der Waals surface area contributed by atoms with Gasteiger partial charge in [-0.1, -0.05) is 25.6 Å². The second kappa shape index (κ2) is 4.94. The fraction of sp³-hybridized carbons (Fsp3) is 0.571. The van der Waals surface area contributed by atoms with Crippen molar-refractivity contribution in [3.8, 4) is 0 Å². The number of thioether (sulfide) groups is 1. The molecule has 5 heteroatoms. The van der Waals surface area contributed by atoms with Crippen LogP contribution in [0, 0.1) is 5.92 Å². The Kier molecular flexibility index (Phi) is 3.43. The Labute approximate surface area is 121 Å². The highest BCUT2D eigenvalue weighted by molar-refractivity contribution is 7.99. The molecule has 1 aliphatic carbocycles. The lowest BCUT2D eigenvalue weighted by Gasteiger charge is -2.08. The lowest BCUT2D eigenvalue weighted by Crippen LogP contribution is -2.20. The van der Waals surface area contributed by atoms with Crippen LogP contribution >= 0.6 is 23.1 Å². The van der Waals surface area contributed by atoms with Crippen LogP contribution in [0.1, 0.15) is 30.7 Å². The molecule has 0 spiro atoms. The molecule has 2 aromatic rings. The molecule has 19 heavy (non-hydrogen) atoms. The van der Waals surface area contributed by atoms with Crippen molar-refractivity contribution < 1.29 is 0 Å². The molecule has 102 valence electrons. The monoisotopic (exact) mass is 294 g/mol. The summed E-state index contributed by atoms with van der Waals surface area (Å²) in [5.41, 5.74) is 1.41. The van der Waals surface area contributed by atoms with Gasteiger partial charge in [0, 0.05) is 17.7 Å². The van der Waals surface area contributed by atoms with Gasteiger partial charge in [0.25, 0.3) is 5.56 Å². The Morgan fingerprint density at radius 2 is 2.21 bits per heavy atom. The minimum Gasteiger partial charge on any atom is -0.290 e. The first-order valence-electron chi connectivity index (χ1n) is 6.72. The third-order valence-corrected chi connectivity index (χ3v) is 6.09. The molecule has 0 N–H and O–H groups in total. The Balaban J connectivity index is 2.12. The van der Waals surface area contributed by atoms with E-state index in [1.54, 1.807) is 27.7 Å². The van der Waals surface area contributed by atoms with Gasteiger partial charge in [0.2, 0.25) is 0 Å². The van der Waals surface area contributed by atoms with E-state index in [4.69, 9.17) is 4.98 Å². The van der Waals surface area contributed by atoms with Crippen LogP contribution < -0.4 is 5.56 Å². The van der Waals surface area contributed by atoms with E-state index in [9.17, 15) is 4.79 Å². The molecular weight excluding hydrogens is 276 g/mol. The van der Waals surface area contributed by atoms with Crippen molar-refractivity contribution in [3.05, 3.63) is 20.8 Å². The number of aryl methyl sites for hydroxylation is 2. The maximum absolute atomic E-state index is 12.5. The van der Waals surface area contributed by atoms with E-state index < -0.39 is 0 Å². The second-order valence-electron chi connectivity index (χ2n) is 5.50. The molecule has 0 aromatic carbocycles. The average Bonchev–Trinajstić information content (AvgIpc) is 2.91. The third kappa shape index (κ3) is 2.23. The summed E-state index contributed by atoms with van der Waals surface area (Å²) in [5.74, 6) is 1.60. The lowest BCUT2D eigenvalue weighted by atomic mass is 10.2. The molecule has 0 aliphatic heterocycles. The van der Waals surface area contributed by atoms with Gasteiger partial charge in [0.1, 0.15) is 4.83 Å². The molecule has 0 fully saturated rings. The zero-order valence-corrected chi connectivity index (χ0v) is 13.2. The third-order valence-electron chi connectivity index (χ3n) is 3.45. The van der Waals surface area contributed by atoms with E-state index in [1.165, 1.54) is 16.9 Å². The van der Waals surface area contributed by atoms with Gasteiger partial charge < -0.3 is 0 Å². The highest BCUT2D eigenvalue weighted by Gasteiger charge is 2.22. The van der Waals surface area contributed by atoms with Gasteiger partial charge >= 0.3 is 0 Å². The first-order valence-corrected chi connectivity index (χ1v) is 8.52. The normalized spacial score (nSPS) is 14.5. The van der Waals surface area contributed by atoms with Crippen molar-refractivity contribution in [2.24, 2.45) is 13.0 Å². The van der Waals surface area contributed by atoms with Crippen LogP contribution in [0.5, 0.6) is 0 Å². The number of aromatic nitrogens is 2. The Morgan fingerprint density at radius 1 is 1.42 bits per heavy atom. The molecule has 0 atom stereocenters. The quantitative estimate of drug-likeness (QED) is 0.644. The van der Waals surface area contributed by atoms with Crippen molar-refractivity contribution in [3.63, 3.8) is 0 Å². The Morgan fingerprint density at radius 3 is 2.95 bits per heavy atom. The maximum Gasteiger partial charge on any atom is 0.262 e. The molecule has 0 unspecified atom stereocenters. The molecule has 3 nitrogen and oxygen atoms in total. The van der Waals surface area contributed by atoms with Crippen LogP contribution in [-0.4, -0.2) is 15.3 Å². The molecule has 0 amide bonds. The van der Waals surface area contributed by atoms with E-state index in [-0.39, 0.29) is 5.56 Å². The minimum atomic E-state index is 0.135. The lowest BCUT2D eigenvalue weighted by molar-refractivity contribution is 0.713. The van der Waals surface area contributed by atoms with Crippen molar-refractivity contribution in [1.29, 1.82) is 0 Å². The van der Waals surface area contributed by atoms with Crippen LogP contribution in [0.15, 0.2) is 9.95 Å². The summed E-state index contributed by atoms with van der Waals surface area (Å²) in [4.78, 5) is 19.6. The van der Waals surface area contributed by atoms with Gasteiger partial charge in [0.05, 0.1) is 5.39 Å². The summed E-state index contributed by atoms with van der Waals surface area (Å²) in [6.07, 6.45) is 3.35. The topological polar surface area (TPSA) is 34.9 Å². The molecular formula is C14H18N2OS2. The maximum atomic E-state index is 12.5. The molecule has 0 saturated carbocycles. The molecule has 0 radical (unpaired) electrons. The molecule has 2 heterocycles. The van der Waals surface area contributed by atoms with Gasteiger partial charge in [-0.15, -0.1) is 11.3 Å². The van der Waals surface area contributed by atoms with Crippen LogP contribution in [0.2, 0.25) is 0 Å². The standard InChI is InChI=1S/C14H18N2OS2/c1-8(2)7-18-14-15-12-11(13(17)16(14)3)9-5-4-6-10(9)19-12/h8H,4-7H2,1-3H3. The van der Waals surface area contributed by atoms with Gasteiger partial charge in [-0.25, -0.2) is 4.98 Å². The summed E-state index contributed by atoms with van der Waals surface area (Å²) in [5, 5.41) is 1.74. The largest absolute Gasteiger partial charge is 0.290 e. The van der Waals surface area contributed by atoms with Gasteiger partial charge in [-0.3, -0.25) is 9.36 Å². The predicted octanol–water partition coefficient (Wildman–Crippen LogP) is 3.23. The molecule has 2 aromatic heterocycles. The van der Waals surface area contributed by atoms with Crippen LogP contribution in [-0.2, 0) is 19.9 Å². The first-order chi connectivity index (χ1) is 9.08. The summed E-state index contributed by atoms with van der Waals surface area (Å²) in [6.45, 7) is 4.37. The van der Waals surface area contributed by atoms with E-state index in [0.29, 0.717) is 5.92 Å². The number of nitrogens with zero attached hydrogens (tertiary/aromatic N) is 2. The summed E-state index contributed by atoms with van der Waals surface area (Å²) < 4.78 is 1.72. The van der Waals surface area contributed by atoms with Crippen molar-refractivity contribution >= 4 is 33.3 Å². The number of thiophene rings is 1. The van der Waals surface area contributed by atoms with Crippen LogP contribution in [0.25, 0.3) is 10.2 Å². The Hall–Kier alpha value is -0.810. The average molecular weight is 294 g/mol. The van der Waals surface area contributed by atoms with E-state index in [0.717, 1.165) is 34.0 Å². The van der Waals surface area contributed by atoms with Crippen LogP contribution in [0.3, 0.4) is 0 Å².